The van der Waals surface area contributed by atoms with E-state index >= 15 is 0 Å². The normalized spacial score (nSPS) is 28.3. The van der Waals surface area contributed by atoms with Crippen LogP contribution in [0.2, 0.25) is 0 Å². The van der Waals surface area contributed by atoms with Crippen molar-refractivity contribution >= 4 is 12.1 Å². The lowest BCUT2D eigenvalue weighted by atomic mass is 10.0. The molecule has 1 heterocycles. The van der Waals surface area contributed by atoms with Crippen LogP contribution in [0.25, 0.3) is 0 Å². The second kappa shape index (κ2) is 4.44. The van der Waals surface area contributed by atoms with Gasteiger partial charge in [0.05, 0.1) is 5.92 Å². The lowest BCUT2D eigenvalue weighted by molar-refractivity contribution is -0.141. The smallest absolute Gasteiger partial charge is 0.410 e. The number of rotatable bonds is 1. The van der Waals surface area contributed by atoms with Gasteiger partial charge in [0.25, 0.3) is 0 Å². The largest absolute Gasteiger partial charge is 0.481 e. The van der Waals surface area contributed by atoms with E-state index in [1.807, 2.05) is 20.8 Å². The Morgan fingerprint density at radius 1 is 1.17 bits per heavy atom. The summed E-state index contributed by atoms with van der Waals surface area (Å²) >= 11 is 0. The Morgan fingerprint density at radius 3 is 2.06 bits per heavy atom. The van der Waals surface area contributed by atoms with Crippen molar-refractivity contribution in [2.24, 2.45) is 17.8 Å². The molecule has 0 aromatic rings. The predicted octanol–water partition coefficient (Wildman–Crippen LogP) is 1.96. The van der Waals surface area contributed by atoms with Gasteiger partial charge in [-0.2, -0.15) is 0 Å². The van der Waals surface area contributed by atoms with Crippen molar-refractivity contribution in [3.63, 3.8) is 0 Å². The highest BCUT2D eigenvalue weighted by Crippen LogP contribution is 2.41. The van der Waals surface area contributed by atoms with Crippen LogP contribution in [0.15, 0.2) is 0 Å². The SMILES string of the molecule is CC(C)(C)OC(=O)N1C[C@H]2CC(C(=O)O)C[C@@H]2C1. The van der Waals surface area contributed by atoms with Crippen molar-refractivity contribution in [1.82, 2.24) is 4.90 Å². The molecule has 0 aromatic carbocycles. The molecule has 0 bridgehead atoms. The number of carboxylic acids is 1. The number of hydrogen-bond acceptors (Lipinski definition) is 3. The minimum Gasteiger partial charge on any atom is -0.481 e. The van der Waals surface area contributed by atoms with Crippen LogP contribution in [0, 0.1) is 17.8 Å². The molecule has 2 rings (SSSR count). The first-order chi connectivity index (χ1) is 8.26. The third-order valence-electron chi connectivity index (χ3n) is 3.75. The molecule has 1 saturated heterocycles. The van der Waals surface area contributed by atoms with Crippen LogP contribution in [-0.4, -0.2) is 40.8 Å². The van der Waals surface area contributed by atoms with Gasteiger partial charge in [-0.1, -0.05) is 0 Å². The maximum absolute atomic E-state index is 11.9. The van der Waals surface area contributed by atoms with Crippen LogP contribution in [0.5, 0.6) is 0 Å². The summed E-state index contributed by atoms with van der Waals surface area (Å²) in [5.41, 5.74) is -0.474. The number of nitrogens with zero attached hydrogens (tertiary/aromatic N) is 1. The summed E-state index contributed by atoms with van der Waals surface area (Å²) in [7, 11) is 0. The van der Waals surface area contributed by atoms with Gasteiger partial charge in [0, 0.05) is 13.1 Å². The van der Waals surface area contributed by atoms with E-state index < -0.39 is 11.6 Å². The van der Waals surface area contributed by atoms with Crippen molar-refractivity contribution in [2.45, 2.75) is 39.2 Å². The van der Waals surface area contributed by atoms with Crippen LogP contribution in [-0.2, 0) is 9.53 Å². The summed E-state index contributed by atoms with van der Waals surface area (Å²) in [6.07, 6.45) is 1.11. The number of carbonyl (C=O) groups is 2. The molecule has 2 aliphatic rings. The number of carbonyl (C=O) groups excluding carboxylic acids is 1. The Kier molecular flexibility index (Phi) is 3.25. The zero-order valence-corrected chi connectivity index (χ0v) is 11.2. The first kappa shape index (κ1) is 13.2. The first-order valence-corrected chi connectivity index (χ1v) is 6.47. The molecular formula is C13H21NO4. The monoisotopic (exact) mass is 255 g/mol. The van der Waals surface area contributed by atoms with Gasteiger partial charge in [0.2, 0.25) is 0 Å². The molecule has 0 spiro atoms. The molecule has 0 unspecified atom stereocenters. The molecule has 1 saturated carbocycles. The molecule has 1 aliphatic heterocycles. The van der Waals surface area contributed by atoms with Gasteiger partial charge in [-0.05, 0) is 45.4 Å². The van der Waals surface area contributed by atoms with Crippen molar-refractivity contribution in [3.8, 4) is 0 Å². The second-order valence-corrected chi connectivity index (χ2v) is 6.41. The molecule has 5 nitrogen and oxygen atoms in total. The molecule has 102 valence electrons. The maximum Gasteiger partial charge on any atom is 0.410 e. The fourth-order valence-electron chi connectivity index (χ4n) is 2.98. The first-order valence-electron chi connectivity index (χ1n) is 6.47. The molecule has 2 fully saturated rings. The van der Waals surface area contributed by atoms with Crippen molar-refractivity contribution in [3.05, 3.63) is 0 Å². The Labute approximate surface area is 107 Å². The molecule has 5 heteroatoms. The van der Waals surface area contributed by atoms with E-state index in [1.54, 1.807) is 4.90 Å². The van der Waals surface area contributed by atoms with E-state index in [2.05, 4.69) is 0 Å². The molecular weight excluding hydrogens is 234 g/mol. The Balaban J connectivity index is 1.89. The molecule has 2 atom stereocenters. The van der Waals surface area contributed by atoms with Gasteiger partial charge in [-0.15, -0.1) is 0 Å². The summed E-state index contributed by atoms with van der Waals surface area (Å²) < 4.78 is 5.33. The van der Waals surface area contributed by atoms with Crippen LogP contribution in [0.1, 0.15) is 33.6 Å². The van der Waals surface area contributed by atoms with E-state index in [4.69, 9.17) is 9.84 Å². The number of likely N-dealkylation sites (tertiary alicyclic amines) is 1. The third kappa shape index (κ3) is 2.76. The van der Waals surface area contributed by atoms with Gasteiger partial charge >= 0.3 is 12.1 Å². The van der Waals surface area contributed by atoms with Gasteiger partial charge in [-0.25, -0.2) is 4.79 Å². The van der Waals surface area contributed by atoms with E-state index in [0.717, 1.165) is 0 Å². The third-order valence-corrected chi connectivity index (χ3v) is 3.75. The molecule has 1 amide bonds. The Morgan fingerprint density at radius 2 is 1.67 bits per heavy atom. The zero-order chi connectivity index (χ0) is 13.5. The Hall–Kier alpha value is -1.26. The fourth-order valence-corrected chi connectivity index (χ4v) is 2.98. The van der Waals surface area contributed by atoms with Crippen LogP contribution < -0.4 is 0 Å². The summed E-state index contributed by atoms with van der Waals surface area (Å²) in [6, 6.07) is 0. The minimum absolute atomic E-state index is 0.221. The molecule has 18 heavy (non-hydrogen) atoms. The van der Waals surface area contributed by atoms with E-state index in [1.165, 1.54) is 0 Å². The lowest BCUT2D eigenvalue weighted by Crippen LogP contribution is -2.36. The van der Waals surface area contributed by atoms with E-state index in [9.17, 15) is 9.59 Å². The number of aliphatic carboxylic acids is 1. The summed E-state index contributed by atoms with van der Waals surface area (Å²) in [5.74, 6) is -0.258. The van der Waals surface area contributed by atoms with Crippen LogP contribution in [0.3, 0.4) is 0 Å². The molecule has 0 aromatic heterocycles. The fraction of sp³-hybridized carbons (Fsp3) is 0.846. The van der Waals surface area contributed by atoms with Gasteiger partial charge in [0.15, 0.2) is 0 Å². The minimum atomic E-state index is -0.701. The number of fused-ring (bicyclic) bond motifs is 1. The van der Waals surface area contributed by atoms with Crippen molar-refractivity contribution in [1.29, 1.82) is 0 Å². The molecule has 1 N–H and O–H groups in total. The van der Waals surface area contributed by atoms with E-state index in [-0.39, 0.29) is 12.0 Å². The van der Waals surface area contributed by atoms with Gasteiger partial charge in [-0.3, -0.25) is 4.79 Å². The number of hydrogen-bond donors (Lipinski definition) is 1. The maximum atomic E-state index is 11.9. The van der Waals surface area contributed by atoms with E-state index in [0.29, 0.717) is 37.8 Å². The molecule has 0 radical (unpaired) electrons. The number of ether oxygens (including phenoxy) is 1. The summed E-state index contributed by atoms with van der Waals surface area (Å²) in [4.78, 5) is 24.5. The van der Waals surface area contributed by atoms with Crippen LogP contribution >= 0.6 is 0 Å². The highest BCUT2D eigenvalue weighted by molar-refractivity contribution is 5.71. The van der Waals surface area contributed by atoms with Crippen molar-refractivity contribution in [2.75, 3.05) is 13.1 Å². The molecule has 1 aliphatic carbocycles. The lowest BCUT2D eigenvalue weighted by Gasteiger charge is -2.25. The Bertz CT molecular complexity index is 346. The summed E-state index contributed by atoms with van der Waals surface area (Å²) in [6.45, 7) is 6.83. The van der Waals surface area contributed by atoms with Gasteiger partial charge < -0.3 is 14.7 Å². The van der Waals surface area contributed by atoms with Crippen molar-refractivity contribution < 1.29 is 19.4 Å². The van der Waals surface area contributed by atoms with Gasteiger partial charge in [0.1, 0.15) is 5.60 Å². The standard InChI is InChI=1S/C13H21NO4/c1-13(2,3)18-12(17)14-6-9-4-8(11(15)16)5-10(9)7-14/h8-10H,4-7H2,1-3H3,(H,15,16)/t9-,10-/m1/s1. The highest BCUT2D eigenvalue weighted by Gasteiger charge is 2.45. The van der Waals surface area contributed by atoms with Crippen LogP contribution in [0.4, 0.5) is 4.79 Å². The second-order valence-electron chi connectivity index (χ2n) is 6.41. The summed E-state index contributed by atoms with van der Waals surface area (Å²) in [5, 5.41) is 8.99. The topological polar surface area (TPSA) is 66.8 Å². The predicted molar refractivity (Wildman–Crippen MR) is 65.1 cm³/mol. The average Bonchev–Trinajstić information content (AvgIpc) is 2.69. The number of carboxylic acid groups (broad SMARTS) is 1. The average molecular weight is 255 g/mol. The highest BCUT2D eigenvalue weighted by atomic mass is 16.6. The number of amides is 1. The quantitative estimate of drug-likeness (QED) is 0.777. The zero-order valence-electron chi connectivity index (χ0n) is 11.2.